The number of fused-ring (bicyclic) bond motifs is 3. The molecule has 1 heterocycles. The van der Waals surface area contributed by atoms with Crippen molar-refractivity contribution in [1.82, 2.24) is 4.57 Å². The van der Waals surface area contributed by atoms with Crippen molar-refractivity contribution >= 4 is 55.8 Å². The maximum absolute atomic E-state index is 2.61. The lowest BCUT2D eigenvalue weighted by molar-refractivity contribution is -0.671. The summed E-state index contributed by atoms with van der Waals surface area (Å²) in [5.74, 6) is 1.37. The van der Waals surface area contributed by atoms with Crippen molar-refractivity contribution in [2.24, 2.45) is 0 Å². The van der Waals surface area contributed by atoms with Gasteiger partial charge in [-0.15, -0.1) is 0 Å². The van der Waals surface area contributed by atoms with Crippen LogP contribution >= 0.6 is 7.26 Å². The predicted molar refractivity (Wildman–Crippen MR) is 227 cm³/mol. The van der Waals surface area contributed by atoms with Gasteiger partial charge in [0, 0.05) is 0 Å². The van der Waals surface area contributed by atoms with Crippen molar-refractivity contribution in [3.8, 4) is 0 Å². The third-order valence-corrected chi connectivity index (χ3v) is 15.4. The lowest BCUT2D eigenvalue weighted by Gasteiger charge is -2.27. The number of nitrogens with zero attached hydrogens (tertiary/aromatic N) is 2. The summed E-state index contributed by atoms with van der Waals surface area (Å²) in [5, 5.41) is 9.46. The Morgan fingerprint density at radius 1 is 0.434 bits per heavy atom. The topological polar surface area (TPSA) is 8.81 Å². The molecule has 0 amide bonds. The van der Waals surface area contributed by atoms with E-state index in [1.165, 1.54) is 65.4 Å². The average molecular weight is 703 g/mol. The van der Waals surface area contributed by atoms with E-state index in [1.807, 2.05) is 0 Å². The highest BCUT2D eigenvalue weighted by molar-refractivity contribution is 7.95. The van der Waals surface area contributed by atoms with Gasteiger partial charge in [-0.3, -0.25) is 0 Å². The molecule has 0 spiro atoms. The zero-order valence-corrected chi connectivity index (χ0v) is 30.8. The summed E-state index contributed by atoms with van der Waals surface area (Å²) in [7, 11) is -1.96. The van der Waals surface area contributed by atoms with Crippen LogP contribution in [0.2, 0.25) is 0 Å². The Bertz CT molecular complexity index is 2430. The van der Waals surface area contributed by atoms with Gasteiger partial charge in [-0.05, 0) is 99.8 Å². The normalized spacial score (nSPS) is 11.8. The maximum Gasteiger partial charge on any atom is 0.258 e. The van der Waals surface area contributed by atoms with E-state index in [9.17, 15) is 0 Å². The van der Waals surface area contributed by atoms with Crippen LogP contribution in [0.4, 0.5) is 0 Å². The first-order valence-electron chi connectivity index (χ1n) is 18.8. The molecule has 0 radical (unpaired) electrons. The molecule has 0 aliphatic heterocycles. The highest BCUT2D eigenvalue weighted by Gasteiger charge is 2.45. The predicted octanol–water partition coefficient (Wildman–Crippen LogP) is 10.3. The van der Waals surface area contributed by atoms with E-state index < -0.39 is 7.26 Å². The Hall–Kier alpha value is -5.82. The van der Waals surface area contributed by atoms with Crippen molar-refractivity contribution in [2.45, 2.75) is 25.9 Å². The third-order valence-electron chi connectivity index (χ3n) is 10.9. The number of para-hydroxylation sites is 2. The Balaban J connectivity index is 1.17. The zero-order chi connectivity index (χ0) is 35.5. The molecule has 0 atom stereocenters. The molecule has 53 heavy (non-hydrogen) atoms. The van der Waals surface area contributed by atoms with Gasteiger partial charge in [0.05, 0.1) is 12.6 Å². The average Bonchev–Trinajstić information content (AvgIpc) is 3.51. The van der Waals surface area contributed by atoms with Crippen LogP contribution in [0.5, 0.6) is 0 Å². The maximum atomic E-state index is 2.61. The first-order chi connectivity index (χ1) is 26.3. The van der Waals surface area contributed by atoms with Crippen molar-refractivity contribution < 1.29 is 4.57 Å². The molecule has 9 rings (SSSR count). The number of rotatable bonds is 11. The van der Waals surface area contributed by atoms with E-state index in [0.29, 0.717) is 0 Å². The second-order valence-corrected chi connectivity index (χ2v) is 17.7. The summed E-state index contributed by atoms with van der Waals surface area (Å²) in [6, 6.07) is 74.3. The van der Waals surface area contributed by atoms with Crippen LogP contribution in [0, 0.1) is 0 Å². The lowest BCUT2D eigenvalue weighted by Crippen LogP contribution is -2.39. The van der Waals surface area contributed by atoms with Gasteiger partial charge in [0.15, 0.2) is 11.0 Å². The number of hydrogen-bond acceptors (Lipinski definition) is 0. The van der Waals surface area contributed by atoms with E-state index in [4.69, 9.17) is 0 Å². The molecule has 0 saturated heterocycles. The van der Waals surface area contributed by atoms with Crippen LogP contribution in [0.1, 0.15) is 23.4 Å². The minimum atomic E-state index is -1.96. The fraction of sp³-hybridized carbons (Fsp3) is 0.100. The van der Waals surface area contributed by atoms with Gasteiger partial charge < -0.3 is 0 Å². The van der Waals surface area contributed by atoms with Crippen LogP contribution in [0.25, 0.3) is 32.6 Å². The smallest absolute Gasteiger partial charge is 0.223 e. The minimum Gasteiger partial charge on any atom is -0.223 e. The minimum absolute atomic E-state index is 0.821. The van der Waals surface area contributed by atoms with Gasteiger partial charge in [-0.25, -0.2) is 9.13 Å². The number of aromatic nitrogens is 2. The number of hydrogen-bond donors (Lipinski definition) is 0. The number of benzene rings is 8. The second kappa shape index (κ2) is 14.7. The second-order valence-electron chi connectivity index (χ2n) is 14.1. The molecule has 256 valence electrons. The highest BCUT2D eigenvalue weighted by atomic mass is 31.2. The zero-order valence-electron chi connectivity index (χ0n) is 29.9. The van der Waals surface area contributed by atoms with Crippen LogP contribution < -0.4 is 20.5 Å². The van der Waals surface area contributed by atoms with E-state index in [0.717, 1.165) is 32.1 Å². The monoisotopic (exact) mass is 702 g/mol. The van der Waals surface area contributed by atoms with Crippen LogP contribution in [0.3, 0.4) is 0 Å². The first-order valence-corrected chi connectivity index (χ1v) is 20.7. The fourth-order valence-electron chi connectivity index (χ4n) is 8.36. The van der Waals surface area contributed by atoms with Gasteiger partial charge in [0.25, 0.3) is 5.82 Å². The molecule has 2 nitrogen and oxygen atoms in total. The molecule has 8 aromatic carbocycles. The van der Waals surface area contributed by atoms with Gasteiger partial charge in [0.2, 0.25) is 0 Å². The van der Waals surface area contributed by atoms with Gasteiger partial charge in [-0.2, -0.15) is 0 Å². The Morgan fingerprint density at radius 2 is 0.906 bits per heavy atom. The molecular formula is C50H43N2P+2. The summed E-state index contributed by atoms with van der Waals surface area (Å²) in [5.41, 5.74) is 5.21. The summed E-state index contributed by atoms with van der Waals surface area (Å²) >= 11 is 0. The molecule has 0 N–H and O–H groups in total. The summed E-state index contributed by atoms with van der Waals surface area (Å²) in [6.07, 6.45) is 3.10. The Morgan fingerprint density at radius 3 is 1.49 bits per heavy atom. The summed E-state index contributed by atoms with van der Waals surface area (Å²) in [4.78, 5) is 0. The van der Waals surface area contributed by atoms with Gasteiger partial charge in [-0.1, -0.05) is 140 Å². The fourth-order valence-corrected chi connectivity index (χ4v) is 12.7. The largest absolute Gasteiger partial charge is 0.258 e. The van der Waals surface area contributed by atoms with E-state index >= 15 is 0 Å². The summed E-state index contributed by atoms with van der Waals surface area (Å²) < 4.78 is 5.21. The van der Waals surface area contributed by atoms with Gasteiger partial charge >= 0.3 is 0 Å². The Labute approximate surface area is 313 Å². The number of imidazole rings is 1. The van der Waals surface area contributed by atoms with Crippen LogP contribution in [-0.2, 0) is 19.5 Å². The van der Waals surface area contributed by atoms with E-state index in [1.54, 1.807) is 0 Å². The molecule has 0 bridgehead atoms. The highest BCUT2D eigenvalue weighted by Crippen LogP contribution is 2.55. The molecular weight excluding hydrogens is 660 g/mol. The molecule has 1 aromatic heterocycles. The molecule has 0 aliphatic carbocycles. The molecule has 3 heteroatoms. The van der Waals surface area contributed by atoms with Crippen molar-refractivity contribution in [1.29, 1.82) is 0 Å². The summed E-state index contributed by atoms with van der Waals surface area (Å²) in [6.45, 7) is 1.64. The van der Waals surface area contributed by atoms with E-state index in [2.05, 4.69) is 209 Å². The van der Waals surface area contributed by atoms with Crippen molar-refractivity contribution in [3.05, 3.63) is 217 Å². The molecule has 0 unspecified atom stereocenters. The van der Waals surface area contributed by atoms with Crippen LogP contribution in [0.15, 0.2) is 200 Å². The van der Waals surface area contributed by atoms with Crippen LogP contribution in [-0.4, -0.2) is 10.7 Å². The van der Waals surface area contributed by atoms with Crippen molar-refractivity contribution in [2.75, 3.05) is 6.16 Å². The lowest BCUT2D eigenvalue weighted by atomic mass is 10.1. The Kier molecular flexibility index (Phi) is 9.14. The molecule has 9 aromatic rings. The first kappa shape index (κ1) is 33.0. The quantitative estimate of drug-likeness (QED) is 0.0938. The third kappa shape index (κ3) is 6.45. The standard InChI is InChI=1S/C50H43N2P/c1-4-21-45(22-5-1)53(46-23-6-2-7-24-46,47-25-8-3-9-26-47)34-16-29-50-51(37-39-30-32-41-17-10-12-19-43(41)35-39)48-27-14-15-28-49(48)52(50)38-40-31-33-42-18-11-13-20-44(42)36-40/h1-15,17-28,30-33,35-36H,16,29,34,37-38H2/q+2. The van der Waals surface area contributed by atoms with E-state index in [-0.39, 0.29) is 0 Å². The SMILES string of the molecule is c1ccc([P+](CCCc2n(Cc3ccc4ccccc4c3)c3ccccc3[n+]2Cc2ccc3ccccc3c2)(c2ccccc2)c2ccccc2)cc1. The molecule has 0 aliphatic rings. The molecule has 0 saturated carbocycles. The van der Waals surface area contributed by atoms with Gasteiger partial charge in [0.1, 0.15) is 36.3 Å². The van der Waals surface area contributed by atoms with Crippen molar-refractivity contribution in [3.63, 3.8) is 0 Å². The molecule has 0 fully saturated rings.